The highest BCUT2D eigenvalue weighted by Crippen LogP contribution is 2.33. The van der Waals surface area contributed by atoms with E-state index in [1.165, 1.54) is 11.3 Å². The fourth-order valence-corrected chi connectivity index (χ4v) is 4.61. The number of nitrogens with zero attached hydrogens (tertiary/aromatic N) is 4. The lowest BCUT2D eigenvalue weighted by atomic mass is 10.1. The monoisotopic (exact) mass is 483 g/mol. The molecule has 1 N–H and O–H groups in total. The van der Waals surface area contributed by atoms with Gasteiger partial charge in [-0.25, -0.2) is 0 Å². The van der Waals surface area contributed by atoms with Gasteiger partial charge in [-0.1, -0.05) is 0 Å². The van der Waals surface area contributed by atoms with E-state index >= 15 is 0 Å². The van der Waals surface area contributed by atoms with Crippen LogP contribution in [0.4, 0.5) is 0 Å². The molecule has 9 nitrogen and oxygen atoms in total. The lowest BCUT2D eigenvalue weighted by Gasteiger charge is -2.34. The summed E-state index contributed by atoms with van der Waals surface area (Å²) in [5.74, 6) is 1.26. The molecule has 2 aromatic heterocycles. The van der Waals surface area contributed by atoms with Gasteiger partial charge < -0.3 is 19.7 Å². The van der Waals surface area contributed by atoms with Crippen LogP contribution in [0.3, 0.4) is 0 Å². The predicted octanol–water partition coefficient (Wildman–Crippen LogP) is 2.35. The molecule has 34 heavy (non-hydrogen) atoms. The third-order valence-electron chi connectivity index (χ3n) is 5.94. The zero-order valence-electron chi connectivity index (χ0n) is 19.6. The molecule has 1 aliphatic rings. The molecule has 180 valence electrons. The van der Waals surface area contributed by atoms with E-state index in [-0.39, 0.29) is 11.8 Å². The van der Waals surface area contributed by atoms with E-state index < -0.39 is 0 Å². The van der Waals surface area contributed by atoms with Crippen molar-refractivity contribution in [3.63, 3.8) is 0 Å². The second-order valence-corrected chi connectivity index (χ2v) is 8.79. The number of ether oxygens (including phenoxy) is 2. The largest absolute Gasteiger partial charge is 0.497 e. The summed E-state index contributed by atoms with van der Waals surface area (Å²) in [7, 11) is 4.99. The Morgan fingerprint density at radius 3 is 2.56 bits per heavy atom. The van der Waals surface area contributed by atoms with Crippen LogP contribution in [0.1, 0.15) is 20.8 Å². The number of methoxy groups -OCH3 is 2. The van der Waals surface area contributed by atoms with Crippen molar-refractivity contribution in [3.8, 4) is 22.8 Å². The molecule has 0 atom stereocenters. The third-order valence-corrected chi connectivity index (χ3v) is 6.62. The van der Waals surface area contributed by atoms with Gasteiger partial charge >= 0.3 is 0 Å². The number of hydrogen-bond acceptors (Lipinski definition) is 7. The number of benzene rings is 1. The van der Waals surface area contributed by atoms with Crippen molar-refractivity contribution in [2.24, 2.45) is 7.05 Å². The maximum Gasteiger partial charge on any atom is 0.272 e. The van der Waals surface area contributed by atoms with Crippen LogP contribution in [-0.4, -0.2) is 84.9 Å². The summed E-state index contributed by atoms with van der Waals surface area (Å²) in [5.41, 5.74) is 2.64. The van der Waals surface area contributed by atoms with Crippen LogP contribution < -0.4 is 14.8 Å². The van der Waals surface area contributed by atoms with E-state index in [2.05, 4.69) is 15.3 Å². The van der Waals surface area contributed by atoms with E-state index in [4.69, 9.17) is 9.47 Å². The third kappa shape index (κ3) is 5.23. The molecule has 0 radical (unpaired) electrons. The second kappa shape index (κ2) is 10.7. The van der Waals surface area contributed by atoms with Gasteiger partial charge in [-0.3, -0.25) is 19.2 Å². The maximum atomic E-state index is 13.2. The lowest BCUT2D eigenvalue weighted by Crippen LogP contribution is -2.50. The van der Waals surface area contributed by atoms with Gasteiger partial charge in [0, 0.05) is 62.8 Å². The SMILES string of the molecule is COc1ccc(OC)c(-c2cc(C(=O)N3CCN(CCNC(=O)c4ccsc4)CC3)n(C)n2)c1. The molecule has 0 saturated carbocycles. The van der Waals surface area contributed by atoms with Crippen molar-refractivity contribution in [2.75, 3.05) is 53.5 Å². The molecule has 1 aliphatic heterocycles. The van der Waals surface area contributed by atoms with Gasteiger partial charge in [0.05, 0.1) is 19.9 Å². The number of aryl methyl sites for hydroxylation is 1. The van der Waals surface area contributed by atoms with Gasteiger partial charge in [0.25, 0.3) is 11.8 Å². The van der Waals surface area contributed by atoms with Gasteiger partial charge in [-0.05, 0) is 35.7 Å². The van der Waals surface area contributed by atoms with Gasteiger partial charge in [-0.15, -0.1) is 0 Å². The first-order valence-electron chi connectivity index (χ1n) is 11.1. The van der Waals surface area contributed by atoms with Crippen molar-refractivity contribution in [1.82, 2.24) is 24.9 Å². The van der Waals surface area contributed by atoms with Crippen LogP contribution in [0.5, 0.6) is 11.5 Å². The summed E-state index contributed by atoms with van der Waals surface area (Å²) < 4.78 is 12.4. The highest BCUT2D eigenvalue weighted by atomic mass is 32.1. The minimum atomic E-state index is -0.0477. The molecule has 1 saturated heterocycles. The second-order valence-electron chi connectivity index (χ2n) is 8.01. The molecule has 1 fully saturated rings. The average Bonchev–Trinajstić information content (AvgIpc) is 3.54. The molecule has 2 amide bonds. The van der Waals surface area contributed by atoms with Crippen molar-refractivity contribution in [1.29, 1.82) is 0 Å². The van der Waals surface area contributed by atoms with Gasteiger partial charge in [0.2, 0.25) is 0 Å². The number of nitrogens with one attached hydrogen (secondary N) is 1. The van der Waals surface area contributed by atoms with E-state index in [1.54, 1.807) is 32.0 Å². The molecular formula is C24H29N5O4S. The molecule has 0 bridgehead atoms. The molecule has 3 aromatic rings. The quantitative estimate of drug-likeness (QED) is 0.529. The molecule has 0 aliphatic carbocycles. The normalized spacial score (nSPS) is 14.1. The van der Waals surface area contributed by atoms with Crippen molar-refractivity contribution in [3.05, 3.63) is 52.3 Å². The Morgan fingerprint density at radius 2 is 1.88 bits per heavy atom. The van der Waals surface area contributed by atoms with E-state index in [1.807, 2.05) is 39.9 Å². The van der Waals surface area contributed by atoms with Crippen LogP contribution >= 0.6 is 11.3 Å². The Morgan fingerprint density at radius 1 is 1.09 bits per heavy atom. The van der Waals surface area contributed by atoms with Crippen molar-refractivity contribution in [2.45, 2.75) is 0 Å². The summed E-state index contributed by atoms with van der Waals surface area (Å²) in [4.78, 5) is 29.4. The van der Waals surface area contributed by atoms with Crippen molar-refractivity contribution >= 4 is 23.2 Å². The standard InChI is InChI=1S/C24H29N5O4S/c1-27-21(15-20(26-27)19-14-18(32-2)4-5-22(19)33-3)24(31)29-11-9-28(10-12-29)8-7-25-23(30)17-6-13-34-16-17/h4-6,13-16H,7-12H2,1-3H3,(H,25,30). The molecule has 1 aromatic carbocycles. The highest BCUT2D eigenvalue weighted by molar-refractivity contribution is 7.08. The zero-order chi connectivity index (χ0) is 24.1. The number of hydrogen-bond donors (Lipinski definition) is 1. The fourth-order valence-electron chi connectivity index (χ4n) is 3.97. The van der Waals surface area contributed by atoms with Crippen LogP contribution in [0.15, 0.2) is 41.1 Å². The Labute approximate surface area is 202 Å². The molecular weight excluding hydrogens is 454 g/mol. The molecule has 4 rings (SSSR count). The summed E-state index contributed by atoms with van der Waals surface area (Å²) in [6.07, 6.45) is 0. The first kappa shape index (κ1) is 23.8. The van der Waals surface area contributed by atoms with Crippen LogP contribution in [0.2, 0.25) is 0 Å². The number of piperazine rings is 1. The van der Waals surface area contributed by atoms with Gasteiger partial charge in [0.15, 0.2) is 0 Å². The predicted molar refractivity (Wildman–Crippen MR) is 131 cm³/mol. The Bertz CT molecular complexity index is 1140. The number of thiophene rings is 1. The number of aromatic nitrogens is 2. The molecule has 0 unspecified atom stereocenters. The summed E-state index contributed by atoms with van der Waals surface area (Å²) in [6, 6.07) is 9.12. The Balaban J connectivity index is 1.34. The molecule has 0 spiro atoms. The Hall–Kier alpha value is -3.37. The van der Waals surface area contributed by atoms with E-state index in [0.29, 0.717) is 48.1 Å². The van der Waals surface area contributed by atoms with Crippen LogP contribution in [0, 0.1) is 0 Å². The lowest BCUT2D eigenvalue weighted by molar-refractivity contribution is 0.0627. The summed E-state index contributed by atoms with van der Waals surface area (Å²) in [5, 5.41) is 11.2. The molecule has 3 heterocycles. The van der Waals surface area contributed by atoms with Crippen LogP contribution in [-0.2, 0) is 7.05 Å². The van der Waals surface area contributed by atoms with Gasteiger partial charge in [-0.2, -0.15) is 16.4 Å². The van der Waals surface area contributed by atoms with Gasteiger partial charge in [0.1, 0.15) is 17.2 Å². The highest BCUT2D eigenvalue weighted by Gasteiger charge is 2.25. The number of rotatable bonds is 8. The average molecular weight is 484 g/mol. The Kier molecular flexibility index (Phi) is 7.49. The summed E-state index contributed by atoms with van der Waals surface area (Å²) in [6.45, 7) is 4.10. The van der Waals surface area contributed by atoms with E-state index in [9.17, 15) is 9.59 Å². The minimum absolute atomic E-state index is 0.0465. The van der Waals surface area contributed by atoms with Crippen molar-refractivity contribution < 1.29 is 19.1 Å². The van der Waals surface area contributed by atoms with Crippen LogP contribution in [0.25, 0.3) is 11.3 Å². The topological polar surface area (TPSA) is 88.9 Å². The zero-order valence-corrected chi connectivity index (χ0v) is 20.4. The summed E-state index contributed by atoms with van der Waals surface area (Å²) >= 11 is 1.51. The first-order chi connectivity index (χ1) is 16.5. The fraction of sp³-hybridized carbons (Fsp3) is 0.375. The maximum absolute atomic E-state index is 13.2. The molecule has 10 heteroatoms. The number of carbonyl (C=O) groups excluding carboxylic acids is 2. The van der Waals surface area contributed by atoms with E-state index in [0.717, 1.165) is 25.2 Å². The minimum Gasteiger partial charge on any atom is -0.497 e. The number of carbonyl (C=O) groups is 2. The smallest absolute Gasteiger partial charge is 0.272 e. The first-order valence-corrected chi connectivity index (χ1v) is 12.0. The number of amides is 2.